The Balaban J connectivity index is 1.31. The fourth-order valence-electron chi connectivity index (χ4n) is 4.03. The van der Waals surface area contributed by atoms with Gasteiger partial charge in [0.15, 0.2) is 0 Å². The van der Waals surface area contributed by atoms with Gasteiger partial charge in [0.05, 0.1) is 5.92 Å². The van der Waals surface area contributed by atoms with Crippen LogP contribution in [0.5, 0.6) is 5.88 Å². The van der Waals surface area contributed by atoms with E-state index in [1.54, 1.807) is 22.9 Å². The van der Waals surface area contributed by atoms with Crippen molar-refractivity contribution in [1.82, 2.24) is 10.3 Å². The number of rotatable bonds is 7. The molecule has 1 N–H and O–H groups in total. The highest BCUT2D eigenvalue weighted by Crippen LogP contribution is 2.27. The van der Waals surface area contributed by atoms with Crippen molar-refractivity contribution in [3.63, 3.8) is 0 Å². The first-order chi connectivity index (χ1) is 14.6. The van der Waals surface area contributed by atoms with Crippen molar-refractivity contribution >= 4 is 29.3 Å². The molecule has 2 amide bonds. The summed E-state index contributed by atoms with van der Waals surface area (Å²) in [4.78, 5) is 32.2. The molecule has 0 radical (unpaired) electrons. The zero-order valence-corrected chi connectivity index (χ0v) is 18.0. The van der Waals surface area contributed by atoms with Crippen LogP contribution in [0.4, 0.5) is 5.69 Å². The summed E-state index contributed by atoms with van der Waals surface area (Å²) in [5, 5.41) is 2.97. The SMILES string of the molecule is CSc1ccc(N2CC(C(=O)NCc3ccnc(OC4CCCC4)c3)CC2=O)cc1. The minimum atomic E-state index is -0.339. The average molecular weight is 426 g/mol. The molecule has 158 valence electrons. The lowest BCUT2D eigenvalue weighted by Crippen LogP contribution is -2.32. The minimum Gasteiger partial charge on any atom is -0.474 e. The standard InChI is InChI=1S/C23H27N3O3S/c1-30-20-8-6-18(7-9-20)26-15-17(13-22(26)27)23(28)25-14-16-10-11-24-21(12-16)29-19-4-2-3-5-19/h6-12,17,19H,2-5,13-15H2,1H3,(H,25,28). The molecule has 7 heteroatoms. The molecule has 2 aromatic rings. The molecule has 0 bridgehead atoms. The van der Waals surface area contributed by atoms with E-state index in [4.69, 9.17) is 4.74 Å². The number of hydrogen-bond donors (Lipinski definition) is 1. The predicted octanol–water partition coefficient (Wildman–Crippen LogP) is 3.79. The average Bonchev–Trinajstić information content (AvgIpc) is 3.42. The van der Waals surface area contributed by atoms with E-state index >= 15 is 0 Å². The van der Waals surface area contributed by atoms with Crippen molar-refractivity contribution in [3.8, 4) is 5.88 Å². The van der Waals surface area contributed by atoms with Gasteiger partial charge in [-0.3, -0.25) is 9.59 Å². The second-order valence-corrected chi connectivity index (χ2v) is 8.73. The van der Waals surface area contributed by atoms with Crippen molar-refractivity contribution in [2.75, 3.05) is 17.7 Å². The van der Waals surface area contributed by atoms with Crippen LogP contribution >= 0.6 is 11.8 Å². The molecule has 1 aliphatic carbocycles. The third-order valence-electron chi connectivity index (χ3n) is 5.74. The Labute approximate surface area is 181 Å². The number of nitrogens with zero attached hydrogens (tertiary/aromatic N) is 2. The topological polar surface area (TPSA) is 71.5 Å². The Bertz CT molecular complexity index is 897. The quantitative estimate of drug-likeness (QED) is 0.684. The molecule has 1 saturated heterocycles. The first kappa shape index (κ1) is 20.7. The number of aromatic nitrogens is 1. The number of anilines is 1. The van der Waals surface area contributed by atoms with E-state index in [9.17, 15) is 9.59 Å². The number of benzene rings is 1. The van der Waals surface area contributed by atoms with Gasteiger partial charge in [-0.2, -0.15) is 0 Å². The fraction of sp³-hybridized carbons (Fsp3) is 0.435. The number of pyridine rings is 1. The molecule has 1 aromatic heterocycles. The molecule has 1 unspecified atom stereocenters. The van der Waals surface area contributed by atoms with Crippen LogP contribution in [-0.2, 0) is 16.1 Å². The van der Waals surface area contributed by atoms with Crippen LogP contribution in [0.1, 0.15) is 37.7 Å². The lowest BCUT2D eigenvalue weighted by Gasteiger charge is -2.17. The lowest BCUT2D eigenvalue weighted by molar-refractivity contribution is -0.126. The van der Waals surface area contributed by atoms with Crippen molar-refractivity contribution < 1.29 is 14.3 Å². The van der Waals surface area contributed by atoms with E-state index in [0.29, 0.717) is 19.0 Å². The predicted molar refractivity (Wildman–Crippen MR) is 118 cm³/mol. The number of carbonyl (C=O) groups excluding carboxylic acids is 2. The molecule has 1 atom stereocenters. The molecule has 1 aromatic carbocycles. The third kappa shape index (κ3) is 4.95. The maximum atomic E-state index is 12.7. The zero-order chi connectivity index (χ0) is 20.9. The summed E-state index contributed by atoms with van der Waals surface area (Å²) >= 11 is 1.66. The summed E-state index contributed by atoms with van der Waals surface area (Å²) in [7, 11) is 0. The van der Waals surface area contributed by atoms with Gasteiger partial charge in [-0.25, -0.2) is 4.98 Å². The molecule has 2 aliphatic rings. The van der Waals surface area contributed by atoms with Gasteiger partial charge in [-0.1, -0.05) is 0 Å². The van der Waals surface area contributed by atoms with E-state index in [-0.39, 0.29) is 30.3 Å². The van der Waals surface area contributed by atoms with Gasteiger partial charge in [-0.15, -0.1) is 11.8 Å². The van der Waals surface area contributed by atoms with Crippen molar-refractivity contribution in [2.45, 2.75) is 49.6 Å². The highest BCUT2D eigenvalue weighted by molar-refractivity contribution is 7.98. The Morgan fingerprint density at radius 2 is 2.00 bits per heavy atom. The molecule has 4 rings (SSSR count). The number of nitrogens with one attached hydrogen (secondary N) is 1. The summed E-state index contributed by atoms with van der Waals surface area (Å²) in [5.74, 6) is 0.170. The monoisotopic (exact) mass is 425 g/mol. The van der Waals surface area contributed by atoms with Crippen LogP contribution in [0.3, 0.4) is 0 Å². The number of thioether (sulfide) groups is 1. The van der Waals surface area contributed by atoms with E-state index in [0.717, 1.165) is 29.0 Å². The molecule has 2 heterocycles. The number of carbonyl (C=O) groups is 2. The van der Waals surface area contributed by atoms with Crippen molar-refractivity contribution in [3.05, 3.63) is 48.2 Å². The Hall–Kier alpha value is -2.54. The Kier molecular flexibility index (Phi) is 6.57. The molecular formula is C23H27N3O3S. The molecule has 1 saturated carbocycles. The minimum absolute atomic E-state index is 0.0109. The Morgan fingerprint density at radius 1 is 1.23 bits per heavy atom. The number of hydrogen-bond acceptors (Lipinski definition) is 5. The van der Waals surface area contributed by atoms with E-state index < -0.39 is 0 Å². The number of amides is 2. The first-order valence-electron chi connectivity index (χ1n) is 10.5. The normalized spacial score (nSPS) is 19.3. The smallest absolute Gasteiger partial charge is 0.227 e. The van der Waals surface area contributed by atoms with E-state index in [1.807, 2.05) is 42.7 Å². The zero-order valence-electron chi connectivity index (χ0n) is 17.2. The molecule has 2 fully saturated rings. The van der Waals surface area contributed by atoms with Crippen LogP contribution in [0.2, 0.25) is 0 Å². The third-order valence-corrected chi connectivity index (χ3v) is 6.48. The fourth-order valence-corrected chi connectivity index (χ4v) is 4.44. The highest BCUT2D eigenvalue weighted by Gasteiger charge is 2.35. The van der Waals surface area contributed by atoms with Gasteiger partial charge in [0, 0.05) is 42.4 Å². The maximum absolute atomic E-state index is 12.7. The second kappa shape index (κ2) is 9.51. The maximum Gasteiger partial charge on any atom is 0.227 e. The van der Waals surface area contributed by atoms with Crippen LogP contribution < -0.4 is 15.0 Å². The highest BCUT2D eigenvalue weighted by atomic mass is 32.2. The van der Waals surface area contributed by atoms with Gasteiger partial charge < -0.3 is 15.0 Å². The summed E-state index contributed by atoms with van der Waals surface area (Å²) in [6, 6.07) is 11.6. The van der Waals surface area contributed by atoms with Crippen LogP contribution in [-0.4, -0.2) is 35.7 Å². The van der Waals surface area contributed by atoms with Crippen molar-refractivity contribution in [1.29, 1.82) is 0 Å². The summed E-state index contributed by atoms with van der Waals surface area (Å²) in [6.07, 6.45) is 8.79. The van der Waals surface area contributed by atoms with Gasteiger partial charge in [-0.05, 0) is 67.8 Å². The molecule has 0 spiro atoms. The first-order valence-corrected chi connectivity index (χ1v) is 11.7. The van der Waals surface area contributed by atoms with E-state index in [2.05, 4.69) is 10.3 Å². The molecule has 30 heavy (non-hydrogen) atoms. The molecule has 6 nitrogen and oxygen atoms in total. The van der Waals surface area contributed by atoms with Crippen LogP contribution in [0, 0.1) is 5.92 Å². The molecular weight excluding hydrogens is 398 g/mol. The summed E-state index contributed by atoms with van der Waals surface area (Å²) < 4.78 is 5.94. The summed E-state index contributed by atoms with van der Waals surface area (Å²) in [5.41, 5.74) is 1.79. The van der Waals surface area contributed by atoms with Gasteiger partial charge in [0.25, 0.3) is 0 Å². The van der Waals surface area contributed by atoms with Gasteiger partial charge in [0.1, 0.15) is 6.10 Å². The molecule has 1 aliphatic heterocycles. The second-order valence-electron chi connectivity index (χ2n) is 7.85. The van der Waals surface area contributed by atoms with Crippen LogP contribution in [0.25, 0.3) is 0 Å². The largest absolute Gasteiger partial charge is 0.474 e. The van der Waals surface area contributed by atoms with Gasteiger partial charge >= 0.3 is 0 Å². The van der Waals surface area contributed by atoms with Gasteiger partial charge in [0.2, 0.25) is 17.7 Å². The van der Waals surface area contributed by atoms with Crippen LogP contribution in [0.15, 0.2) is 47.5 Å². The Morgan fingerprint density at radius 3 is 2.73 bits per heavy atom. The summed E-state index contributed by atoms with van der Waals surface area (Å²) in [6.45, 7) is 0.811. The van der Waals surface area contributed by atoms with E-state index in [1.165, 1.54) is 12.8 Å². The number of ether oxygens (including phenoxy) is 1. The lowest BCUT2D eigenvalue weighted by atomic mass is 10.1. The van der Waals surface area contributed by atoms with Crippen molar-refractivity contribution in [2.24, 2.45) is 5.92 Å².